The molecule has 0 aliphatic carbocycles. The number of amides is 1. The summed E-state index contributed by atoms with van der Waals surface area (Å²) in [5.74, 6) is 0.814. The summed E-state index contributed by atoms with van der Waals surface area (Å²) in [6, 6.07) is 12.2. The molecular weight excluding hydrogens is 348 g/mol. The van der Waals surface area contributed by atoms with Crippen LogP contribution in [0.25, 0.3) is 10.2 Å². The van der Waals surface area contributed by atoms with E-state index in [0.717, 1.165) is 28.2 Å². The zero-order valence-electron chi connectivity index (χ0n) is 15.0. The largest absolute Gasteiger partial charge is 0.316 e. The van der Waals surface area contributed by atoms with Crippen LogP contribution in [0.4, 0.5) is 0 Å². The summed E-state index contributed by atoms with van der Waals surface area (Å²) in [7, 11) is 0. The molecule has 0 saturated carbocycles. The Morgan fingerprint density at radius 3 is 2.64 bits per heavy atom. The number of carbonyl (C=O) groups excluding carboxylic acids is 1. The second-order valence-corrected chi connectivity index (χ2v) is 8.21. The topological polar surface area (TPSA) is 34.4 Å². The van der Waals surface area contributed by atoms with Crippen LogP contribution in [0.2, 0.25) is 0 Å². The van der Waals surface area contributed by atoms with Gasteiger partial charge in [-0.2, -0.15) is 16.8 Å². The number of aryl methyl sites for hydroxylation is 4. The molecule has 2 aromatic carbocycles. The summed E-state index contributed by atoms with van der Waals surface area (Å²) in [5.41, 5.74) is 5.31. The van der Waals surface area contributed by atoms with Gasteiger partial charge in [-0.3, -0.25) is 4.79 Å². The van der Waals surface area contributed by atoms with Crippen LogP contribution in [-0.2, 0) is 6.54 Å². The van der Waals surface area contributed by atoms with Crippen LogP contribution < -0.4 is 4.80 Å². The average molecular weight is 371 g/mol. The maximum Gasteiger partial charge on any atom is 0.279 e. The minimum atomic E-state index is -0.177. The molecule has 0 aliphatic heterocycles. The normalized spacial score (nSPS) is 12.1. The van der Waals surface area contributed by atoms with Gasteiger partial charge in [0.15, 0.2) is 4.80 Å². The van der Waals surface area contributed by atoms with Crippen LogP contribution >= 0.6 is 23.1 Å². The van der Waals surface area contributed by atoms with Crippen molar-refractivity contribution in [1.82, 2.24) is 4.57 Å². The molecular formula is C20H22N2OS2. The van der Waals surface area contributed by atoms with Gasteiger partial charge in [-0.25, -0.2) is 0 Å². The number of thiazole rings is 1. The maximum absolute atomic E-state index is 12.7. The molecule has 1 amide bonds. The molecule has 0 fully saturated rings. The molecule has 5 heteroatoms. The average Bonchev–Trinajstić information content (AvgIpc) is 2.91. The van der Waals surface area contributed by atoms with Gasteiger partial charge in [-0.05, 0) is 68.0 Å². The minimum Gasteiger partial charge on any atom is -0.316 e. The first-order valence-corrected chi connectivity index (χ1v) is 10.5. The third-order valence-corrected chi connectivity index (χ3v) is 5.94. The summed E-state index contributed by atoms with van der Waals surface area (Å²) in [6.45, 7) is 7.00. The lowest BCUT2D eigenvalue weighted by Gasteiger charge is -2.04. The van der Waals surface area contributed by atoms with Gasteiger partial charge in [0.2, 0.25) is 0 Å². The van der Waals surface area contributed by atoms with Crippen molar-refractivity contribution < 1.29 is 4.79 Å². The Morgan fingerprint density at radius 1 is 1.12 bits per heavy atom. The molecule has 3 aromatic rings. The van der Waals surface area contributed by atoms with E-state index in [-0.39, 0.29) is 5.91 Å². The fourth-order valence-electron chi connectivity index (χ4n) is 2.69. The van der Waals surface area contributed by atoms with Crippen molar-refractivity contribution in [3.05, 3.63) is 63.5 Å². The molecule has 0 unspecified atom stereocenters. The first kappa shape index (κ1) is 18.0. The molecule has 3 nitrogen and oxygen atoms in total. The monoisotopic (exact) mass is 370 g/mol. The molecule has 25 heavy (non-hydrogen) atoms. The van der Waals surface area contributed by atoms with Gasteiger partial charge in [-0.1, -0.05) is 23.5 Å². The maximum atomic E-state index is 12.7. The minimum absolute atomic E-state index is 0.177. The van der Waals surface area contributed by atoms with Gasteiger partial charge in [-0.15, -0.1) is 0 Å². The molecule has 3 rings (SSSR count). The van der Waals surface area contributed by atoms with Crippen LogP contribution in [0, 0.1) is 20.8 Å². The summed E-state index contributed by atoms with van der Waals surface area (Å²) in [5, 5.41) is 0. The highest BCUT2D eigenvalue weighted by molar-refractivity contribution is 7.98. The van der Waals surface area contributed by atoms with Gasteiger partial charge in [0.25, 0.3) is 5.91 Å². The lowest BCUT2D eigenvalue weighted by Crippen LogP contribution is -2.18. The van der Waals surface area contributed by atoms with Crippen molar-refractivity contribution in [2.45, 2.75) is 27.3 Å². The molecule has 0 radical (unpaired) electrons. The molecule has 130 valence electrons. The molecule has 0 N–H and O–H groups in total. The van der Waals surface area contributed by atoms with E-state index >= 15 is 0 Å². The van der Waals surface area contributed by atoms with E-state index in [0.29, 0.717) is 5.56 Å². The van der Waals surface area contributed by atoms with Crippen molar-refractivity contribution >= 4 is 39.2 Å². The Balaban J connectivity index is 2.10. The highest BCUT2D eigenvalue weighted by Gasteiger charge is 2.10. The Labute approximate surface area is 156 Å². The molecule has 0 spiro atoms. The zero-order valence-corrected chi connectivity index (χ0v) is 16.6. The van der Waals surface area contributed by atoms with Crippen molar-refractivity contribution in [3.8, 4) is 0 Å². The number of aromatic nitrogens is 1. The molecule has 0 saturated heterocycles. The summed E-state index contributed by atoms with van der Waals surface area (Å²) in [6.07, 6.45) is 2.09. The van der Waals surface area contributed by atoms with Gasteiger partial charge < -0.3 is 4.57 Å². The third kappa shape index (κ3) is 3.88. The molecule has 0 aliphatic rings. The number of fused-ring (bicyclic) bond motifs is 1. The Morgan fingerprint density at radius 2 is 1.92 bits per heavy atom. The van der Waals surface area contributed by atoms with Crippen molar-refractivity contribution in [1.29, 1.82) is 0 Å². The highest BCUT2D eigenvalue weighted by atomic mass is 32.2. The molecule has 0 atom stereocenters. The lowest BCUT2D eigenvalue weighted by atomic mass is 10.1. The second kappa shape index (κ2) is 7.58. The fourth-order valence-corrected chi connectivity index (χ4v) is 4.21. The molecule has 1 heterocycles. The van der Waals surface area contributed by atoms with Crippen LogP contribution in [-0.4, -0.2) is 22.5 Å². The number of carbonyl (C=O) groups is 1. The standard InChI is InChI=1S/C20H22N2OS2/c1-13-5-8-17-18(11-13)25-20(22(17)9-10-24-4)21-19(23)16-7-6-14(2)15(3)12-16/h5-8,11-12H,9-10H2,1-4H3. The van der Waals surface area contributed by atoms with Crippen LogP contribution in [0.5, 0.6) is 0 Å². The van der Waals surface area contributed by atoms with Crippen LogP contribution in [0.15, 0.2) is 41.4 Å². The summed E-state index contributed by atoms with van der Waals surface area (Å²) in [4.78, 5) is 17.9. The lowest BCUT2D eigenvalue weighted by molar-refractivity contribution is 0.0998. The zero-order chi connectivity index (χ0) is 18.0. The molecule has 1 aromatic heterocycles. The fraction of sp³-hybridized carbons (Fsp3) is 0.300. The van der Waals surface area contributed by atoms with E-state index in [2.05, 4.69) is 40.9 Å². The van der Waals surface area contributed by atoms with E-state index < -0.39 is 0 Å². The molecule has 0 bridgehead atoms. The van der Waals surface area contributed by atoms with Gasteiger partial charge >= 0.3 is 0 Å². The van der Waals surface area contributed by atoms with Crippen LogP contribution in [0.1, 0.15) is 27.0 Å². The summed E-state index contributed by atoms with van der Waals surface area (Å²) < 4.78 is 3.34. The van der Waals surface area contributed by atoms with Crippen molar-refractivity contribution in [3.63, 3.8) is 0 Å². The number of thioether (sulfide) groups is 1. The number of hydrogen-bond acceptors (Lipinski definition) is 3. The van der Waals surface area contributed by atoms with Gasteiger partial charge in [0.05, 0.1) is 10.2 Å². The predicted octanol–water partition coefficient (Wildman–Crippen LogP) is 4.73. The Bertz CT molecular complexity index is 999. The first-order chi connectivity index (χ1) is 12.0. The van der Waals surface area contributed by atoms with Gasteiger partial charge in [0, 0.05) is 17.9 Å². The second-order valence-electron chi connectivity index (χ2n) is 6.22. The number of rotatable bonds is 4. The highest BCUT2D eigenvalue weighted by Crippen LogP contribution is 2.19. The van der Waals surface area contributed by atoms with E-state index in [9.17, 15) is 4.79 Å². The quantitative estimate of drug-likeness (QED) is 0.665. The van der Waals surface area contributed by atoms with E-state index in [1.807, 2.05) is 32.0 Å². The summed E-state index contributed by atoms with van der Waals surface area (Å²) >= 11 is 3.38. The number of nitrogens with zero attached hydrogens (tertiary/aromatic N) is 2. The van der Waals surface area contributed by atoms with Crippen molar-refractivity contribution in [2.75, 3.05) is 12.0 Å². The Hall–Kier alpha value is -1.85. The first-order valence-electron chi connectivity index (χ1n) is 8.25. The number of hydrogen-bond donors (Lipinski definition) is 0. The predicted molar refractivity (Wildman–Crippen MR) is 109 cm³/mol. The van der Waals surface area contributed by atoms with Crippen LogP contribution in [0.3, 0.4) is 0 Å². The third-order valence-electron chi connectivity index (χ3n) is 4.31. The Kier molecular flexibility index (Phi) is 5.45. The van der Waals surface area contributed by atoms with E-state index in [1.54, 1.807) is 23.1 Å². The van der Waals surface area contributed by atoms with E-state index in [4.69, 9.17) is 0 Å². The smallest absolute Gasteiger partial charge is 0.279 e. The van der Waals surface area contributed by atoms with Crippen molar-refractivity contribution in [2.24, 2.45) is 4.99 Å². The number of benzene rings is 2. The van der Waals surface area contributed by atoms with Gasteiger partial charge in [0.1, 0.15) is 0 Å². The van der Waals surface area contributed by atoms with E-state index in [1.165, 1.54) is 15.8 Å². The SMILES string of the molecule is CSCCn1c(=NC(=O)c2ccc(C)c(C)c2)sc2cc(C)ccc21.